The highest BCUT2D eigenvalue weighted by molar-refractivity contribution is 5.79. The Kier molecular flexibility index (Phi) is 4.43. The molecule has 0 amide bonds. The molecule has 0 spiro atoms. The quantitative estimate of drug-likeness (QED) is 0.652. The largest absolute Gasteiger partial charge is 0.364 e. The average molecular weight is 291 g/mol. The third kappa shape index (κ3) is 3.75. The third-order valence-corrected chi connectivity index (χ3v) is 4.39. The van der Waals surface area contributed by atoms with Crippen molar-refractivity contribution in [1.82, 2.24) is 20.3 Å². The van der Waals surface area contributed by atoms with Crippen LogP contribution in [0.2, 0.25) is 0 Å². The maximum absolute atomic E-state index is 4.87. The van der Waals surface area contributed by atoms with Gasteiger partial charge in [0.1, 0.15) is 12.0 Å². The van der Waals surface area contributed by atoms with E-state index in [1.807, 2.05) is 20.2 Å². The van der Waals surface area contributed by atoms with Crippen molar-refractivity contribution in [1.29, 1.82) is 0 Å². The molecule has 6 heteroatoms. The molecule has 3 rings (SSSR count). The van der Waals surface area contributed by atoms with Crippen LogP contribution in [-0.2, 0) is 6.54 Å². The maximum Gasteiger partial charge on any atom is 0.193 e. The zero-order valence-electron chi connectivity index (χ0n) is 13.0. The van der Waals surface area contributed by atoms with Gasteiger partial charge in [0, 0.05) is 39.3 Å². The van der Waals surface area contributed by atoms with Gasteiger partial charge in [0.15, 0.2) is 5.96 Å². The predicted octanol–water partition coefficient (Wildman–Crippen LogP) is 1.17. The molecule has 0 bridgehead atoms. The van der Waals surface area contributed by atoms with Crippen molar-refractivity contribution in [3.63, 3.8) is 0 Å². The van der Waals surface area contributed by atoms with Gasteiger partial charge in [0.2, 0.25) is 0 Å². The second kappa shape index (κ2) is 6.47. The lowest BCUT2D eigenvalue weighted by atomic mass is 10.1. The zero-order chi connectivity index (χ0) is 14.7. The molecule has 116 valence electrons. The van der Waals surface area contributed by atoms with Crippen LogP contribution in [0.25, 0.3) is 0 Å². The summed E-state index contributed by atoms with van der Waals surface area (Å²) >= 11 is 0. The summed E-state index contributed by atoms with van der Waals surface area (Å²) in [6, 6.07) is 2.78. The van der Waals surface area contributed by atoms with Crippen LogP contribution in [0.4, 0.5) is 0 Å². The number of rotatable bonds is 5. The van der Waals surface area contributed by atoms with Gasteiger partial charge in [-0.25, -0.2) is 0 Å². The lowest BCUT2D eigenvalue weighted by Gasteiger charge is -2.22. The topological polar surface area (TPSA) is 56.9 Å². The first-order chi connectivity index (χ1) is 10.3. The van der Waals surface area contributed by atoms with E-state index in [-0.39, 0.29) is 0 Å². The van der Waals surface area contributed by atoms with Crippen molar-refractivity contribution in [2.45, 2.75) is 31.8 Å². The molecular formula is C15H25N5O. The molecule has 0 radical (unpaired) electrons. The minimum Gasteiger partial charge on any atom is -0.364 e. The number of nitrogens with zero attached hydrogens (tertiary/aromatic N) is 4. The molecule has 1 aromatic heterocycles. The van der Waals surface area contributed by atoms with E-state index in [1.165, 1.54) is 32.4 Å². The summed E-state index contributed by atoms with van der Waals surface area (Å²) in [4.78, 5) is 9.08. The van der Waals surface area contributed by atoms with Gasteiger partial charge >= 0.3 is 0 Å². The molecule has 2 fully saturated rings. The fourth-order valence-corrected chi connectivity index (χ4v) is 3.06. The highest BCUT2D eigenvalue weighted by Gasteiger charge is 2.34. The van der Waals surface area contributed by atoms with Gasteiger partial charge in [-0.3, -0.25) is 4.99 Å². The van der Waals surface area contributed by atoms with E-state index in [0.717, 1.165) is 30.2 Å². The Morgan fingerprint density at radius 3 is 3.05 bits per heavy atom. The number of nitrogens with one attached hydrogen (secondary N) is 1. The van der Waals surface area contributed by atoms with Crippen molar-refractivity contribution in [2.75, 3.05) is 33.7 Å². The summed E-state index contributed by atoms with van der Waals surface area (Å²) in [6.45, 7) is 4.21. The summed E-state index contributed by atoms with van der Waals surface area (Å²) in [5.74, 6) is 1.66. The van der Waals surface area contributed by atoms with Gasteiger partial charge < -0.3 is 19.6 Å². The fourth-order valence-electron chi connectivity index (χ4n) is 3.06. The summed E-state index contributed by atoms with van der Waals surface area (Å²) in [5.41, 5.74) is 0.918. The molecule has 2 aliphatic rings. The molecule has 21 heavy (non-hydrogen) atoms. The number of likely N-dealkylation sites (tertiary alicyclic amines) is 1. The van der Waals surface area contributed by atoms with Gasteiger partial charge in [-0.2, -0.15) is 0 Å². The van der Waals surface area contributed by atoms with E-state index in [9.17, 15) is 0 Å². The minimum absolute atomic E-state index is 0.703. The van der Waals surface area contributed by atoms with Gasteiger partial charge in [-0.1, -0.05) is 5.16 Å². The molecule has 1 atom stereocenters. The van der Waals surface area contributed by atoms with Crippen LogP contribution in [0.1, 0.15) is 25.0 Å². The summed E-state index contributed by atoms with van der Waals surface area (Å²) in [7, 11) is 3.85. The molecular weight excluding hydrogens is 266 g/mol. The Hall–Kier alpha value is -1.56. The van der Waals surface area contributed by atoms with Crippen LogP contribution in [0.5, 0.6) is 0 Å². The van der Waals surface area contributed by atoms with Crippen molar-refractivity contribution >= 4 is 5.96 Å². The SMILES string of the molecule is CN=C(NCC1CCN(C2CC2)C1)N(C)Cc1ccon1. The number of guanidine groups is 1. The molecule has 1 N–H and O–H groups in total. The monoisotopic (exact) mass is 291 g/mol. The van der Waals surface area contributed by atoms with E-state index in [4.69, 9.17) is 4.52 Å². The van der Waals surface area contributed by atoms with Crippen molar-refractivity contribution in [2.24, 2.45) is 10.9 Å². The highest BCUT2D eigenvalue weighted by Crippen LogP contribution is 2.31. The van der Waals surface area contributed by atoms with E-state index in [0.29, 0.717) is 6.54 Å². The third-order valence-electron chi connectivity index (χ3n) is 4.39. The van der Waals surface area contributed by atoms with Crippen LogP contribution in [0.15, 0.2) is 21.8 Å². The standard InChI is InChI=1S/C15H25N5O/c1-16-15(19(2)11-13-6-8-21-18-13)17-9-12-5-7-20(10-12)14-3-4-14/h6,8,12,14H,3-5,7,9-11H2,1-2H3,(H,16,17). The zero-order valence-corrected chi connectivity index (χ0v) is 13.0. The van der Waals surface area contributed by atoms with Gasteiger partial charge in [-0.05, 0) is 31.7 Å². The fraction of sp³-hybridized carbons (Fsp3) is 0.733. The Morgan fingerprint density at radius 1 is 1.52 bits per heavy atom. The van der Waals surface area contributed by atoms with Crippen molar-refractivity contribution < 1.29 is 4.52 Å². The minimum atomic E-state index is 0.703. The van der Waals surface area contributed by atoms with Gasteiger partial charge in [0.25, 0.3) is 0 Å². The second-order valence-corrected chi connectivity index (χ2v) is 6.16. The van der Waals surface area contributed by atoms with Crippen LogP contribution in [0.3, 0.4) is 0 Å². The van der Waals surface area contributed by atoms with Crippen LogP contribution < -0.4 is 5.32 Å². The van der Waals surface area contributed by atoms with Crippen LogP contribution in [0, 0.1) is 5.92 Å². The summed E-state index contributed by atoms with van der Waals surface area (Å²) in [6.07, 6.45) is 5.71. The molecule has 1 aliphatic heterocycles. The maximum atomic E-state index is 4.87. The van der Waals surface area contributed by atoms with Gasteiger partial charge in [-0.15, -0.1) is 0 Å². The first-order valence-corrected chi connectivity index (χ1v) is 7.81. The van der Waals surface area contributed by atoms with E-state index in [2.05, 4.69) is 25.3 Å². The molecule has 2 heterocycles. The molecule has 1 unspecified atom stereocenters. The number of hydrogen-bond donors (Lipinski definition) is 1. The average Bonchev–Trinajstić information content (AvgIpc) is 3.00. The lowest BCUT2D eigenvalue weighted by molar-refractivity contribution is 0.313. The van der Waals surface area contributed by atoms with E-state index < -0.39 is 0 Å². The Bertz CT molecular complexity index is 468. The number of hydrogen-bond acceptors (Lipinski definition) is 4. The summed E-state index contributed by atoms with van der Waals surface area (Å²) in [5, 5.41) is 7.43. The predicted molar refractivity (Wildman–Crippen MR) is 82.0 cm³/mol. The first kappa shape index (κ1) is 14.4. The molecule has 6 nitrogen and oxygen atoms in total. The van der Waals surface area contributed by atoms with Crippen LogP contribution >= 0.6 is 0 Å². The number of aliphatic imine (C=N–C) groups is 1. The highest BCUT2D eigenvalue weighted by atomic mass is 16.5. The molecule has 1 saturated heterocycles. The second-order valence-electron chi connectivity index (χ2n) is 6.16. The molecule has 1 aromatic rings. The Labute approximate surface area is 126 Å². The van der Waals surface area contributed by atoms with E-state index >= 15 is 0 Å². The molecule has 0 aromatic carbocycles. The van der Waals surface area contributed by atoms with Crippen molar-refractivity contribution in [3.05, 3.63) is 18.0 Å². The van der Waals surface area contributed by atoms with Crippen molar-refractivity contribution in [3.8, 4) is 0 Å². The Balaban J connectivity index is 1.44. The Morgan fingerprint density at radius 2 is 2.38 bits per heavy atom. The first-order valence-electron chi connectivity index (χ1n) is 7.81. The smallest absolute Gasteiger partial charge is 0.193 e. The molecule has 1 saturated carbocycles. The molecule has 1 aliphatic carbocycles. The van der Waals surface area contributed by atoms with Crippen LogP contribution in [-0.4, -0.2) is 60.7 Å². The van der Waals surface area contributed by atoms with Gasteiger partial charge in [0.05, 0.1) is 6.54 Å². The lowest BCUT2D eigenvalue weighted by Crippen LogP contribution is -2.41. The number of aromatic nitrogens is 1. The normalized spacial score (nSPS) is 23.5. The summed E-state index contributed by atoms with van der Waals surface area (Å²) < 4.78 is 4.87. The van der Waals surface area contributed by atoms with E-state index in [1.54, 1.807) is 6.26 Å².